The molecule has 1 aliphatic carbocycles. The fourth-order valence-electron chi connectivity index (χ4n) is 1.82. The molecule has 0 aliphatic heterocycles. The van der Waals surface area contributed by atoms with Crippen LogP contribution in [0.1, 0.15) is 32.1 Å². The van der Waals surface area contributed by atoms with Gasteiger partial charge >= 0.3 is 0 Å². The van der Waals surface area contributed by atoms with Crippen LogP contribution in [0.15, 0.2) is 4.74 Å². The second-order valence-electron chi connectivity index (χ2n) is 3.54. The van der Waals surface area contributed by atoms with Gasteiger partial charge in [0.1, 0.15) is 0 Å². The number of hydrogen-bond acceptors (Lipinski definition) is 3. The molecule has 0 spiro atoms. The minimum absolute atomic E-state index is 0.366. The van der Waals surface area contributed by atoms with Crippen molar-refractivity contribution in [3.63, 3.8) is 0 Å². The summed E-state index contributed by atoms with van der Waals surface area (Å²) in [6.45, 7) is 0.366. The Morgan fingerprint density at radius 1 is 1.38 bits per heavy atom. The van der Waals surface area contributed by atoms with E-state index in [-0.39, 0.29) is 0 Å². The fourth-order valence-corrected chi connectivity index (χ4v) is 3.85. The molecule has 0 atom stereocenters. The minimum atomic E-state index is 0.366. The number of aliphatic hydroxyl groups excluding tert-OH is 1. The normalized spacial score (nSPS) is 29.7. The molecule has 0 amide bonds. The molecule has 1 N–H and O–H groups in total. The second kappa shape index (κ2) is 6.80. The lowest BCUT2D eigenvalue weighted by Gasteiger charge is -2.26. The van der Waals surface area contributed by atoms with Gasteiger partial charge in [0.15, 0.2) is 0 Å². The molecule has 0 bridgehead atoms. The molecule has 0 aromatic heterocycles. The second-order valence-corrected chi connectivity index (χ2v) is 6.11. The molecule has 1 saturated carbocycles. The van der Waals surface area contributed by atoms with Crippen molar-refractivity contribution in [3.8, 4) is 0 Å². The van der Waals surface area contributed by atoms with Crippen molar-refractivity contribution in [3.05, 3.63) is 0 Å². The molecule has 76 valence electrons. The smallest absolute Gasteiger partial charge is 0.0729 e. The Bertz CT molecular complexity index is 158. The molecule has 0 aromatic carbocycles. The van der Waals surface area contributed by atoms with E-state index in [4.69, 9.17) is 5.11 Å². The summed E-state index contributed by atoms with van der Waals surface area (Å²) >= 11 is 1.96. The first-order valence-corrected chi connectivity index (χ1v) is 7.25. The van der Waals surface area contributed by atoms with Crippen LogP contribution in [0.4, 0.5) is 0 Å². The first kappa shape index (κ1) is 11.5. The van der Waals surface area contributed by atoms with E-state index in [1.165, 1.54) is 33.3 Å². The Morgan fingerprint density at radius 3 is 2.62 bits per heavy atom. The van der Waals surface area contributed by atoms with Crippen molar-refractivity contribution < 1.29 is 5.11 Å². The summed E-state index contributed by atoms with van der Waals surface area (Å²) in [4.78, 5) is 0. The van der Waals surface area contributed by atoms with Gasteiger partial charge in [-0.1, -0.05) is 11.4 Å². The van der Waals surface area contributed by atoms with Crippen molar-refractivity contribution in [2.75, 3.05) is 13.7 Å². The van der Waals surface area contributed by atoms with Gasteiger partial charge in [-0.3, -0.25) is 4.74 Å². The van der Waals surface area contributed by atoms with Gasteiger partial charge in [-0.05, 0) is 38.0 Å². The molecule has 4 heteroatoms. The van der Waals surface area contributed by atoms with Crippen LogP contribution < -0.4 is 0 Å². The topological polar surface area (TPSA) is 32.6 Å². The largest absolute Gasteiger partial charge is 0.396 e. The third kappa shape index (κ3) is 4.44. The molecule has 1 rings (SSSR count). The highest BCUT2D eigenvalue weighted by atomic mass is 32.7. The van der Waals surface area contributed by atoms with Crippen LogP contribution in [-0.2, 0) is 0 Å². The van der Waals surface area contributed by atoms with Crippen LogP contribution in [0.5, 0.6) is 0 Å². The monoisotopic (exact) mass is 219 g/mol. The Hall–Kier alpha value is 0.410. The summed E-state index contributed by atoms with van der Waals surface area (Å²) in [6, 6.07) is 0. The van der Waals surface area contributed by atoms with Gasteiger partial charge in [-0.25, -0.2) is 0 Å². The average Bonchev–Trinajstić information content (AvgIpc) is 2.17. The third-order valence-electron chi connectivity index (χ3n) is 2.61. The first-order chi connectivity index (χ1) is 6.36. The molecule has 0 heterocycles. The van der Waals surface area contributed by atoms with Crippen molar-refractivity contribution in [1.82, 2.24) is 0 Å². The Labute approximate surface area is 86.1 Å². The third-order valence-corrected chi connectivity index (χ3v) is 5.30. The lowest BCUT2D eigenvalue weighted by molar-refractivity contribution is 0.232. The maximum absolute atomic E-state index is 8.80. The standard InChI is InChI=1S/C9H18NOPS/c1-10-12-13-9-4-2-8(3-5-9)6-7-11/h8-9,11H,2-7H2,1H3. The van der Waals surface area contributed by atoms with E-state index in [1.54, 1.807) is 0 Å². The van der Waals surface area contributed by atoms with Crippen LogP contribution in [-0.4, -0.2) is 24.0 Å². The summed E-state index contributed by atoms with van der Waals surface area (Å²) in [5.41, 5.74) is 0. The summed E-state index contributed by atoms with van der Waals surface area (Å²) < 4.78 is 4.08. The summed E-state index contributed by atoms with van der Waals surface area (Å²) in [6.07, 6.45) is 6.25. The van der Waals surface area contributed by atoms with Gasteiger partial charge in [0.05, 0.1) is 7.57 Å². The molecule has 0 radical (unpaired) electrons. The van der Waals surface area contributed by atoms with Crippen molar-refractivity contribution >= 4 is 19.0 Å². The summed E-state index contributed by atoms with van der Waals surface area (Å²) in [7, 11) is 3.04. The van der Waals surface area contributed by atoms with Gasteiger partial charge in [0, 0.05) is 18.9 Å². The molecule has 0 unspecified atom stereocenters. The summed E-state index contributed by atoms with van der Waals surface area (Å²) in [5, 5.41) is 9.62. The number of rotatable bonds is 4. The van der Waals surface area contributed by atoms with Gasteiger partial charge in [-0.2, -0.15) is 0 Å². The van der Waals surface area contributed by atoms with Gasteiger partial charge < -0.3 is 5.11 Å². The van der Waals surface area contributed by atoms with Crippen molar-refractivity contribution in [2.45, 2.75) is 37.4 Å². The Kier molecular flexibility index (Phi) is 6.01. The maximum atomic E-state index is 8.80. The highest BCUT2D eigenvalue weighted by Gasteiger charge is 2.20. The van der Waals surface area contributed by atoms with Gasteiger partial charge in [0.2, 0.25) is 0 Å². The molecule has 1 fully saturated rings. The summed E-state index contributed by atoms with van der Waals surface area (Å²) in [5.74, 6) is 0.789. The predicted molar refractivity (Wildman–Crippen MR) is 60.3 cm³/mol. The van der Waals surface area contributed by atoms with Crippen molar-refractivity contribution in [2.24, 2.45) is 10.7 Å². The molecular formula is C9H18NOPS. The molecular weight excluding hydrogens is 201 g/mol. The van der Waals surface area contributed by atoms with Crippen LogP contribution in [0, 0.1) is 5.92 Å². The van der Waals surface area contributed by atoms with E-state index in [9.17, 15) is 0 Å². The van der Waals surface area contributed by atoms with Gasteiger partial charge in [-0.15, -0.1) is 0 Å². The zero-order valence-electron chi connectivity index (χ0n) is 8.15. The lowest BCUT2D eigenvalue weighted by atomic mass is 9.87. The first-order valence-electron chi connectivity index (χ1n) is 4.92. The SMILES string of the molecule is CN=PSC1CCC(CCO)CC1. The molecule has 0 saturated heterocycles. The molecule has 2 nitrogen and oxygen atoms in total. The molecule has 0 aromatic rings. The predicted octanol–water partition coefficient (Wildman–Crippen LogP) is 3.34. The van der Waals surface area contributed by atoms with Gasteiger partial charge in [0.25, 0.3) is 0 Å². The van der Waals surface area contributed by atoms with E-state index < -0.39 is 0 Å². The number of nitrogens with zero attached hydrogens (tertiary/aromatic N) is 1. The molecule has 13 heavy (non-hydrogen) atoms. The minimum Gasteiger partial charge on any atom is -0.396 e. The number of aliphatic hydroxyl groups is 1. The van der Waals surface area contributed by atoms with Crippen LogP contribution in [0.2, 0.25) is 0 Å². The number of hydrogen-bond donors (Lipinski definition) is 1. The van der Waals surface area contributed by atoms with Crippen LogP contribution in [0.25, 0.3) is 0 Å². The van der Waals surface area contributed by atoms with E-state index in [0.717, 1.165) is 17.6 Å². The van der Waals surface area contributed by atoms with E-state index in [1.807, 2.05) is 18.4 Å². The quantitative estimate of drug-likeness (QED) is 0.735. The van der Waals surface area contributed by atoms with E-state index in [0.29, 0.717) is 6.61 Å². The van der Waals surface area contributed by atoms with Crippen LogP contribution >= 0.6 is 19.0 Å². The molecule has 1 aliphatic rings. The maximum Gasteiger partial charge on any atom is 0.0729 e. The Morgan fingerprint density at radius 2 is 2.08 bits per heavy atom. The highest BCUT2D eigenvalue weighted by Crippen LogP contribution is 2.38. The van der Waals surface area contributed by atoms with E-state index in [2.05, 4.69) is 4.74 Å². The van der Waals surface area contributed by atoms with Crippen LogP contribution in [0.3, 0.4) is 0 Å². The van der Waals surface area contributed by atoms with E-state index >= 15 is 0 Å². The zero-order chi connectivity index (χ0) is 9.52. The Balaban J connectivity index is 2.14. The highest BCUT2D eigenvalue weighted by molar-refractivity contribution is 8.46. The lowest BCUT2D eigenvalue weighted by Crippen LogP contribution is -2.16. The fraction of sp³-hybridized carbons (Fsp3) is 1.00. The average molecular weight is 219 g/mol. The van der Waals surface area contributed by atoms with Crippen molar-refractivity contribution in [1.29, 1.82) is 0 Å². The zero-order valence-corrected chi connectivity index (χ0v) is 9.86.